The molecule has 0 radical (unpaired) electrons. The highest BCUT2D eigenvalue weighted by atomic mass is 16.1. The third-order valence-corrected chi connectivity index (χ3v) is 3.51. The van der Waals surface area contributed by atoms with Crippen LogP contribution in [0, 0.1) is 13.8 Å². The average Bonchev–Trinajstić information content (AvgIpc) is 2.67. The lowest BCUT2D eigenvalue weighted by Gasteiger charge is -2.15. The molecular weight excluding hydrogens is 252 g/mol. The molecule has 2 aromatic rings. The molecule has 20 heavy (non-hydrogen) atoms. The van der Waals surface area contributed by atoms with Gasteiger partial charge in [0.2, 0.25) is 5.91 Å². The van der Waals surface area contributed by atoms with E-state index in [1.165, 1.54) is 0 Å². The summed E-state index contributed by atoms with van der Waals surface area (Å²) < 4.78 is 1.75. The topological polar surface area (TPSA) is 72.9 Å². The van der Waals surface area contributed by atoms with Gasteiger partial charge < -0.3 is 11.1 Å². The van der Waals surface area contributed by atoms with Gasteiger partial charge in [-0.1, -0.05) is 30.3 Å². The van der Waals surface area contributed by atoms with Crippen molar-refractivity contribution in [3.8, 4) is 0 Å². The summed E-state index contributed by atoms with van der Waals surface area (Å²) in [5.74, 6) is -0.451. The molecule has 0 saturated carbocycles. The van der Waals surface area contributed by atoms with Crippen molar-refractivity contribution in [1.29, 1.82) is 0 Å². The maximum Gasteiger partial charge on any atom is 0.233 e. The van der Waals surface area contributed by atoms with Crippen LogP contribution in [-0.4, -0.2) is 22.2 Å². The molecule has 1 unspecified atom stereocenters. The number of aryl methyl sites for hydroxylation is 2. The van der Waals surface area contributed by atoms with E-state index in [4.69, 9.17) is 5.73 Å². The Labute approximate surface area is 118 Å². The molecule has 1 aromatic carbocycles. The van der Waals surface area contributed by atoms with Crippen LogP contribution in [0.15, 0.2) is 30.3 Å². The van der Waals surface area contributed by atoms with Gasteiger partial charge in [0.15, 0.2) is 0 Å². The number of aromatic nitrogens is 2. The van der Waals surface area contributed by atoms with Crippen molar-refractivity contribution in [3.63, 3.8) is 0 Å². The van der Waals surface area contributed by atoms with E-state index in [1.807, 2.05) is 51.2 Å². The molecule has 2 rings (SSSR count). The van der Waals surface area contributed by atoms with E-state index in [2.05, 4.69) is 10.4 Å². The minimum absolute atomic E-state index is 0.0992. The number of carbonyl (C=O) groups is 1. The second kappa shape index (κ2) is 5.88. The number of anilines is 1. The lowest BCUT2D eigenvalue weighted by molar-refractivity contribution is -0.117. The first-order valence-corrected chi connectivity index (χ1v) is 6.60. The van der Waals surface area contributed by atoms with Gasteiger partial charge in [-0.05, 0) is 19.4 Å². The number of hydrogen-bond donors (Lipinski definition) is 2. The van der Waals surface area contributed by atoms with E-state index in [1.54, 1.807) is 4.68 Å². The Morgan fingerprint density at radius 1 is 1.35 bits per heavy atom. The molecule has 0 spiro atoms. The molecular formula is C15H20N4O. The quantitative estimate of drug-likeness (QED) is 0.890. The Bertz CT molecular complexity index is 604. The Morgan fingerprint density at radius 3 is 2.50 bits per heavy atom. The van der Waals surface area contributed by atoms with Crippen LogP contribution in [0.4, 0.5) is 5.69 Å². The predicted molar refractivity (Wildman–Crippen MR) is 79.5 cm³/mol. The molecule has 0 saturated heterocycles. The van der Waals surface area contributed by atoms with Gasteiger partial charge in [0.25, 0.3) is 0 Å². The van der Waals surface area contributed by atoms with Crippen LogP contribution >= 0.6 is 0 Å². The van der Waals surface area contributed by atoms with Gasteiger partial charge in [0.1, 0.15) is 0 Å². The first kappa shape index (κ1) is 14.3. The van der Waals surface area contributed by atoms with E-state index in [0.29, 0.717) is 0 Å². The number of nitrogens with one attached hydrogen (secondary N) is 1. The fourth-order valence-electron chi connectivity index (χ4n) is 2.24. The summed E-state index contributed by atoms with van der Waals surface area (Å²) in [6, 6.07) is 9.57. The molecule has 106 valence electrons. The molecule has 0 aliphatic rings. The smallest absolute Gasteiger partial charge is 0.233 e. The Morgan fingerprint density at radius 2 is 2.00 bits per heavy atom. The normalized spacial score (nSPS) is 12.2. The largest absolute Gasteiger partial charge is 0.329 e. The minimum atomic E-state index is -0.352. The molecule has 1 atom stereocenters. The van der Waals surface area contributed by atoms with E-state index >= 15 is 0 Å². The molecule has 0 fully saturated rings. The summed E-state index contributed by atoms with van der Waals surface area (Å²) in [5.41, 5.74) is 9.19. The molecule has 5 nitrogen and oxygen atoms in total. The Balaban J connectivity index is 2.22. The van der Waals surface area contributed by atoms with Gasteiger partial charge in [0, 0.05) is 13.6 Å². The molecule has 0 aliphatic carbocycles. The maximum absolute atomic E-state index is 12.4. The van der Waals surface area contributed by atoms with Crippen molar-refractivity contribution < 1.29 is 4.79 Å². The van der Waals surface area contributed by atoms with Crippen molar-refractivity contribution in [2.45, 2.75) is 19.8 Å². The van der Waals surface area contributed by atoms with E-state index < -0.39 is 0 Å². The van der Waals surface area contributed by atoms with E-state index in [9.17, 15) is 4.79 Å². The van der Waals surface area contributed by atoms with Crippen molar-refractivity contribution in [2.24, 2.45) is 12.8 Å². The number of amides is 1. The fraction of sp³-hybridized carbons (Fsp3) is 0.333. The monoisotopic (exact) mass is 272 g/mol. The Hall–Kier alpha value is -2.14. The average molecular weight is 272 g/mol. The highest BCUT2D eigenvalue weighted by Crippen LogP contribution is 2.22. The van der Waals surface area contributed by atoms with Crippen LogP contribution < -0.4 is 11.1 Å². The predicted octanol–water partition coefficient (Wildman–Crippen LogP) is 1.72. The number of nitrogens with zero attached hydrogens (tertiary/aromatic N) is 2. The zero-order valence-electron chi connectivity index (χ0n) is 12.1. The Kier molecular flexibility index (Phi) is 4.20. The van der Waals surface area contributed by atoms with E-state index in [-0.39, 0.29) is 18.4 Å². The zero-order valence-corrected chi connectivity index (χ0v) is 12.1. The van der Waals surface area contributed by atoms with Crippen molar-refractivity contribution >= 4 is 11.6 Å². The fourth-order valence-corrected chi connectivity index (χ4v) is 2.24. The van der Waals surface area contributed by atoms with Gasteiger partial charge in [-0.25, -0.2) is 0 Å². The third kappa shape index (κ3) is 2.72. The van der Waals surface area contributed by atoms with Crippen LogP contribution in [-0.2, 0) is 11.8 Å². The van der Waals surface area contributed by atoms with Gasteiger partial charge >= 0.3 is 0 Å². The van der Waals surface area contributed by atoms with Gasteiger partial charge in [-0.2, -0.15) is 5.10 Å². The summed E-state index contributed by atoms with van der Waals surface area (Å²) in [7, 11) is 1.86. The molecule has 0 aliphatic heterocycles. The molecule has 0 bridgehead atoms. The summed E-state index contributed by atoms with van der Waals surface area (Å²) in [6.45, 7) is 4.08. The van der Waals surface area contributed by atoms with Crippen LogP contribution in [0.5, 0.6) is 0 Å². The lowest BCUT2D eigenvalue weighted by Crippen LogP contribution is -2.27. The van der Waals surface area contributed by atoms with Crippen LogP contribution in [0.25, 0.3) is 0 Å². The second-order valence-electron chi connectivity index (χ2n) is 4.86. The van der Waals surface area contributed by atoms with Crippen molar-refractivity contribution in [3.05, 3.63) is 47.3 Å². The number of carbonyl (C=O) groups excluding carboxylic acids is 1. The van der Waals surface area contributed by atoms with Crippen molar-refractivity contribution in [2.75, 3.05) is 11.9 Å². The maximum atomic E-state index is 12.4. The minimum Gasteiger partial charge on any atom is -0.329 e. The standard InChI is InChI=1S/C15H20N4O/c1-10-14(11(2)19(3)18-10)17-15(20)13(9-16)12-7-5-4-6-8-12/h4-8,13H,9,16H2,1-3H3,(H,17,20). The molecule has 1 heterocycles. The number of rotatable bonds is 4. The zero-order chi connectivity index (χ0) is 14.7. The first-order valence-electron chi connectivity index (χ1n) is 6.60. The third-order valence-electron chi connectivity index (χ3n) is 3.51. The van der Waals surface area contributed by atoms with Crippen LogP contribution in [0.1, 0.15) is 22.9 Å². The number of benzene rings is 1. The highest BCUT2D eigenvalue weighted by molar-refractivity contribution is 5.96. The summed E-state index contributed by atoms with van der Waals surface area (Å²) in [4.78, 5) is 12.4. The summed E-state index contributed by atoms with van der Waals surface area (Å²) >= 11 is 0. The van der Waals surface area contributed by atoms with Gasteiger partial charge in [-0.15, -0.1) is 0 Å². The highest BCUT2D eigenvalue weighted by Gasteiger charge is 2.21. The van der Waals surface area contributed by atoms with E-state index in [0.717, 1.165) is 22.6 Å². The number of hydrogen-bond acceptors (Lipinski definition) is 3. The van der Waals surface area contributed by atoms with Gasteiger partial charge in [-0.3, -0.25) is 9.48 Å². The molecule has 5 heteroatoms. The lowest BCUT2D eigenvalue weighted by atomic mass is 9.98. The number of nitrogens with two attached hydrogens (primary N) is 1. The van der Waals surface area contributed by atoms with Crippen LogP contribution in [0.2, 0.25) is 0 Å². The summed E-state index contributed by atoms with van der Waals surface area (Å²) in [6.07, 6.45) is 0. The molecule has 1 amide bonds. The van der Waals surface area contributed by atoms with Gasteiger partial charge in [0.05, 0.1) is 23.0 Å². The second-order valence-corrected chi connectivity index (χ2v) is 4.86. The van der Waals surface area contributed by atoms with Crippen molar-refractivity contribution in [1.82, 2.24) is 9.78 Å². The molecule has 3 N–H and O–H groups in total. The first-order chi connectivity index (χ1) is 9.54. The summed E-state index contributed by atoms with van der Waals surface area (Å²) in [5, 5.41) is 7.24. The SMILES string of the molecule is Cc1nn(C)c(C)c1NC(=O)C(CN)c1ccccc1. The van der Waals surface area contributed by atoms with Crippen LogP contribution in [0.3, 0.4) is 0 Å². The molecule has 1 aromatic heterocycles.